The standard InChI is InChI=1S/C15H17BrN2O5/c1-10-3-2-6-17(8-10)14(19)9-23-15(20)11-4-5-12(16)13(7-11)18(21)22/h4-5,7,10H,2-3,6,8-9H2,1H3. The van der Waals surface area contributed by atoms with Crippen molar-refractivity contribution in [2.75, 3.05) is 19.7 Å². The van der Waals surface area contributed by atoms with Crippen molar-refractivity contribution in [3.05, 3.63) is 38.3 Å². The molecule has 23 heavy (non-hydrogen) atoms. The van der Waals surface area contributed by atoms with Crippen molar-refractivity contribution in [1.29, 1.82) is 0 Å². The van der Waals surface area contributed by atoms with Crippen molar-refractivity contribution >= 4 is 33.5 Å². The Morgan fingerprint density at radius 3 is 2.87 bits per heavy atom. The minimum absolute atomic E-state index is 0.0414. The molecule has 1 atom stereocenters. The summed E-state index contributed by atoms with van der Waals surface area (Å²) in [5, 5.41) is 10.9. The first-order chi connectivity index (χ1) is 10.9. The molecule has 7 nitrogen and oxygen atoms in total. The van der Waals surface area contributed by atoms with Gasteiger partial charge in [-0.25, -0.2) is 4.79 Å². The van der Waals surface area contributed by atoms with Crippen LogP contribution in [-0.2, 0) is 9.53 Å². The van der Waals surface area contributed by atoms with E-state index in [4.69, 9.17) is 4.74 Å². The van der Waals surface area contributed by atoms with Crippen LogP contribution in [0.5, 0.6) is 0 Å². The Balaban J connectivity index is 1.95. The Morgan fingerprint density at radius 1 is 1.48 bits per heavy atom. The Bertz CT molecular complexity index is 634. The molecule has 0 radical (unpaired) electrons. The first kappa shape index (κ1) is 17.4. The van der Waals surface area contributed by atoms with Gasteiger partial charge in [-0.1, -0.05) is 6.92 Å². The Kier molecular flexibility index (Phi) is 5.70. The van der Waals surface area contributed by atoms with Gasteiger partial charge in [0.1, 0.15) is 0 Å². The quantitative estimate of drug-likeness (QED) is 0.452. The summed E-state index contributed by atoms with van der Waals surface area (Å²) in [6.45, 7) is 3.06. The van der Waals surface area contributed by atoms with Crippen LogP contribution in [0.3, 0.4) is 0 Å². The summed E-state index contributed by atoms with van der Waals surface area (Å²) in [6.07, 6.45) is 2.03. The molecule has 1 heterocycles. The van der Waals surface area contributed by atoms with Gasteiger partial charge in [0.2, 0.25) is 0 Å². The molecule has 0 aromatic heterocycles. The van der Waals surface area contributed by atoms with Gasteiger partial charge in [0.05, 0.1) is 15.0 Å². The van der Waals surface area contributed by atoms with Crippen molar-refractivity contribution in [2.45, 2.75) is 19.8 Å². The van der Waals surface area contributed by atoms with Crippen molar-refractivity contribution in [3.63, 3.8) is 0 Å². The lowest BCUT2D eigenvalue weighted by atomic mass is 10.0. The second-order valence-electron chi connectivity index (χ2n) is 5.59. The predicted molar refractivity (Wildman–Crippen MR) is 86.1 cm³/mol. The number of halogens is 1. The van der Waals surface area contributed by atoms with Gasteiger partial charge < -0.3 is 9.64 Å². The summed E-state index contributed by atoms with van der Waals surface area (Å²) in [4.78, 5) is 35.9. The maximum Gasteiger partial charge on any atom is 0.338 e. The molecule has 1 unspecified atom stereocenters. The number of likely N-dealkylation sites (tertiary alicyclic amines) is 1. The molecule has 1 aliphatic heterocycles. The Morgan fingerprint density at radius 2 is 2.22 bits per heavy atom. The second-order valence-corrected chi connectivity index (χ2v) is 6.44. The Hall–Kier alpha value is -1.96. The van der Waals surface area contributed by atoms with E-state index in [1.165, 1.54) is 12.1 Å². The van der Waals surface area contributed by atoms with E-state index in [1.54, 1.807) is 4.90 Å². The zero-order chi connectivity index (χ0) is 17.0. The number of ether oxygens (including phenoxy) is 1. The lowest BCUT2D eigenvalue weighted by Crippen LogP contribution is -2.41. The molecule has 0 N–H and O–H groups in total. The summed E-state index contributed by atoms with van der Waals surface area (Å²) in [5.41, 5.74) is -0.185. The highest BCUT2D eigenvalue weighted by Crippen LogP contribution is 2.26. The van der Waals surface area contributed by atoms with Crippen LogP contribution in [0, 0.1) is 16.0 Å². The number of hydrogen-bond donors (Lipinski definition) is 0. The molecule has 0 bridgehead atoms. The fourth-order valence-electron chi connectivity index (χ4n) is 2.50. The van der Waals surface area contributed by atoms with Gasteiger partial charge in [-0.15, -0.1) is 0 Å². The molecule has 1 saturated heterocycles. The van der Waals surface area contributed by atoms with Gasteiger partial charge in [0, 0.05) is 19.2 Å². The maximum absolute atomic E-state index is 12.0. The van der Waals surface area contributed by atoms with Gasteiger partial charge in [-0.2, -0.15) is 0 Å². The van der Waals surface area contributed by atoms with Crippen LogP contribution in [0.2, 0.25) is 0 Å². The van der Waals surface area contributed by atoms with Crippen LogP contribution in [0.25, 0.3) is 0 Å². The van der Waals surface area contributed by atoms with E-state index in [-0.39, 0.29) is 28.2 Å². The predicted octanol–water partition coefficient (Wildman–Crippen LogP) is 2.77. The van der Waals surface area contributed by atoms with Gasteiger partial charge in [0.25, 0.3) is 11.6 Å². The van der Waals surface area contributed by atoms with Gasteiger partial charge in [0.15, 0.2) is 6.61 Å². The number of rotatable bonds is 4. The van der Waals surface area contributed by atoms with Crippen LogP contribution >= 0.6 is 15.9 Å². The van der Waals surface area contributed by atoms with E-state index in [2.05, 4.69) is 22.9 Å². The molecule has 1 aromatic rings. The zero-order valence-corrected chi connectivity index (χ0v) is 14.2. The monoisotopic (exact) mass is 384 g/mol. The molecular formula is C15H17BrN2O5. The molecule has 1 amide bonds. The van der Waals surface area contributed by atoms with Crippen LogP contribution in [0.4, 0.5) is 5.69 Å². The number of carbonyl (C=O) groups excluding carboxylic acids is 2. The summed E-state index contributed by atoms with van der Waals surface area (Å²) >= 11 is 3.05. The van der Waals surface area contributed by atoms with Crippen molar-refractivity contribution in [2.24, 2.45) is 5.92 Å². The number of nitro benzene ring substituents is 1. The smallest absolute Gasteiger partial charge is 0.338 e. The van der Waals surface area contributed by atoms with Crippen LogP contribution in [0.1, 0.15) is 30.1 Å². The second kappa shape index (κ2) is 7.54. The number of piperidine rings is 1. The number of amides is 1. The largest absolute Gasteiger partial charge is 0.452 e. The molecule has 8 heteroatoms. The minimum Gasteiger partial charge on any atom is -0.452 e. The van der Waals surface area contributed by atoms with Gasteiger partial charge in [-0.3, -0.25) is 14.9 Å². The van der Waals surface area contributed by atoms with E-state index in [1.807, 2.05) is 0 Å². The normalized spacial score (nSPS) is 17.7. The summed E-state index contributed by atoms with van der Waals surface area (Å²) in [5.74, 6) is -0.548. The highest BCUT2D eigenvalue weighted by molar-refractivity contribution is 9.10. The van der Waals surface area contributed by atoms with E-state index >= 15 is 0 Å². The number of nitro groups is 1. The Labute approximate surface area is 141 Å². The number of carbonyl (C=O) groups is 2. The van der Waals surface area contributed by atoms with Crippen molar-refractivity contribution < 1.29 is 19.2 Å². The summed E-state index contributed by atoms with van der Waals surface area (Å²) in [6, 6.07) is 3.94. The third-order valence-electron chi connectivity index (χ3n) is 3.71. The molecule has 124 valence electrons. The third-order valence-corrected chi connectivity index (χ3v) is 4.39. The third kappa shape index (κ3) is 4.51. The first-order valence-corrected chi connectivity index (χ1v) is 8.06. The topological polar surface area (TPSA) is 89.8 Å². The van der Waals surface area contributed by atoms with Crippen molar-refractivity contribution in [1.82, 2.24) is 4.90 Å². The SMILES string of the molecule is CC1CCCN(C(=O)COC(=O)c2ccc(Br)c([N+](=O)[O-])c2)C1. The summed E-state index contributed by atoms with van der Waals surface area (Å²) in [7, 11) is 0. The molecule has 2 rings (SSSR count). The fraction of sp³-hybridized carbons (Fsp3) is 0.467. The van der Waals surface area contributed by atoms with E-state index < -0.39 is 10.9 Å². The minimum atomic E-state index is -0.751. The van der Waals surface area contributed by atoms with Crippen LogP contribution < -0.4 is 0 Å². The molecule has 0 aliphatic carbocycles. The molecule has 0 saturated carbocycles. The zero-order valence-electron chi connectivity index (χ0n) is 12.7. The van der Waals surface area contributed by atoms with E-state index in [0.29, 0.717) is 19.0 Å². The van der Waals surface area contributed by atoms with E-state index in [0.717, 1.165) is 18.9 Å². The molecule has 1 fully saturated rings. The maximum atomic E-state index is 12.0. The lowest BCUT2D eigenvalue weighted by Gasteiger charge is -2.30. The number of esters is 1. The molecule has 1 aliphatic rings. The average molecular weight is 385 g/mol. The molecule has 1 aromatic carbocycles. The molecule has 0 spiro atoms. The van der Waals surface area contributed by atoms with E-state index in [9.17, 15) is 19.7 Å². The number of benzene rings is 1. The number of nitrogens with zero attached hydrogens (tertiary/aromatic N) is 2. The van der Waals surface area contributed by atoms with Crippen LogP contribution in [0.15, 0.2) is 22.7 Å². The highest BCUT2D eigenvalue weighted by Gasteiger charge is 2.23. The lowest BCUT2D eigenvalue weighted by molar-refractivity contribution is -0.385. The van der Waals surface area contributed by atoms with Crippen molar-refractivity contribution in [3.8, 4) is 0 Å². The van der Waals surface area contributed by atoms with Gasteiger partial charge in [-0.05, 0) is 46.8 Å². The average Bonchev–Trinajstić information content (AvgIpc) is 2.52. The summed E-state index contributed by atoms with van der Waals surface area (Å²) < 4.78 is 5.26. The molecular weight excluding hydrogens is 368 g/mol. The first-order valence-electron chi connectivity index (χ1n) is 7.27. The number of hydrogen-bond acceptors (Lipinski definition) is 5. The van der Waals surface area contributed by atoms with Gasteiger partial charge >= 0.3 is 5.97 Å². The van der Waals surface area contributed by atoms with Crippen LogP contribution in [-0.4, -0.2) is 41.4 Å². The fourth-order valence-corrected chi connectivity index (χ4v) is 2.89. The highest BCUT2D eigenvalue weighted by atomic mass is 79.9.